The molecule has 1 aromatic carbocycles. The van der Waals surface area contributed by atoms with E-state index in [1.165, 1.54) is 0 Å². The minimum Gasteiger partial charge on any atom is -0.309 e. The first kappa shape index (κ1) is 16.2. The van der Waals surface area contributed by atoms with Gasteiger partial charge in [0.05, 0.1) is 11.3 Å². The van der Waals surface area contributed by atoms with Gasteiger partial charge in [0.25, 0.3) is 5.91 Å². The minimum atomic E-state index is -0.00120. The molecule has 0 aliphatic carbocycles. The van der Waals surface area contributed by atoms with Gasteiger partial charge in [-0.15, -0.1) is 12.4 Å². The Morgan fingerprint density at radius 1 is 1.35 bits per heavy atom. The highest BCUT2D eigenvalue weighted by atomic mass is 35.5. The summed E-state index contributed by atoms with van der Waals surface area (Å²) in [7, 11) is 1.83. The maximum Gasteiger partial charge on any atom is 0.261 e. The summed E-state index contributed by atoms with van der Waals surface area (Å²) in [5, 5.41) is 4.23. The van der Waals surface area contributed by atoms with Crippen molar-refractivity contribution in [3.63, 3.8) is 0 Å². The van der Waals surface area contributed by atoms with E-state index in [1.54, 1.807) is 15.8 Å². The molecule has 0 aliphatic heterocycles. The van der Waals surface area contributed by atoms with Crippen molar-refractivity contribution in [1.82, 2.24) is 9.78 Å². The number of hydrogen-bond donors (Lipinski definition) is 0. The van der Waals surface area contributed by atoms with Gasteiger partial charge in [0.15, 0.2) is 0 Å². The summed E-state index contributed by atoms with van der Waals surface area (Å²) >= 11 is 0. The summed E-state index contributed by atoms with van der Waals surface area (Å²) < 4.78 is 1.67. The Morgan fingerprint density at radius 2 is 2.05 bits per heavy atom. The third-order valence-corrected chi connectivity index (χ3v) is 3.12. The van der Waals surface area contributed by atoms with Crippen LogP contribution in [0.3, 0.4) is 0 Å². The number of aryl methyl sites for hydroxylation is 3. The van der Waals surface area contributed by atoms with Crippen LogP contribution < -0.4 is 4.90 Å². The second-order valence-electron chi connectivity index (χ2n) is 4.69. The minimum absolute atomic E-state index is 0. The van der Waals surface area contributed by atoms with Crippen LogP contribution in [0.4, 0.5) is 5.69 Å². The van der Waals surface area contributed by atoms with Gasteiger partial charge in [-0.3, -0.25) is 9.48 Å². The molecular weight excluding hydrogens is 274 g/mol. The fourth-order valence-electron chi connectivity index (χ4n) is 2.19. The lowest BCUT2D eigenvalue weighted by Gasteiger charge is -2.21. The second-order valence-corrected chi connectivity index (χ2v) is 4.69. The number of halogens is 1. The summed E-state index contributed by atoms with van der Waals surface area (Å²) in [4.78, 5) is 14.4. The molecule has 0 bridgehead atoms. The first-order valence-electron chi connectivity index (χ1n) is 6.41. The number of benzene rings is 1. The van der Waals surface area contributed by atoms with Crippen molar-refractivity contribution in [3.05, 3.63) is 47.3 Å². The highest BCUT2D eigenvalue weighted by Crippen LogP contribution is 2.19. The zero-order chi connectivity index (χ0) is 14.0. The van der Waals surface area contributed by atoms with Crippen LogP contribution in [0, 0.1) is 13.8 Å². The number of nitrogens with zero attached hydrogens (tertiary/aromatic N) is 3. The monoisotopic (exact) mass is 293 g/mol. The van der Waals surface area contributed by atoms with E-state index < -0.39 is 0 Å². The Bertz CT molecular complexity index is 607. The van der Waals surface area contributed by atoms with E-state index in [0.717, 1.165) is 16.9 Å². The standard InChI is InChI=1S/C15H19N3O.ClH/c1-5-18(13-8-6-7-11(2)9-13)15(19)14-10-17(4)16-12(14)3;/h6-10H,5H2,1-4H3;1H. The number of carbonyl (C=O) groups is 1. The summed E-state index contributed by atoms with van der Waals surface area (Å²) in [6.07, 6.45) is 1.77. The van der Waals surface area contributed by atoms with Crippen LogP contribution in [0.25, 0.3) is 0 Å². The van der Waals surface area contributed by atoms with Gasteiger partial charge in [-0.05, 0) is 38.5 Å². The lowest BCUT2D eigenvalue weighted by Crippen LogP contribution is -2.30. The molecular formula is C15H20ClN3O. The quantitative estimate of drug-likeness (QED) is 0.872. The maximum absolute atomic E-state index is 12.6. The third kappa shape index (κ3) is 3.20. The Morgan fingerprint density at radius 3 is 2.55 bits per heavy atom. The predicted molar refractivity (Wildman–Crippen MR) is 83.7 cm³/mol. The number of amides is 1. The fourth-order valence-corrected chi connectivity index (χ4v) is 2.19. The topological polar surface area (TPSA) is 38.1 Å². The summed E-state index contributed by atoms with van der Waals surface area (Å²) in [6.45, 7) is 6.50. The smallest absolute Gasteiger partial charge is 0.261 e. The van der Waals surface area contributed by atoms with Gasteiger partial charge < -0.3 is 4.90 Å². The molecule has 0 radical (unpaired) electrons. The van der Waals surface area contributed by atoms with E-state index in [0.29, 0.717) is 12.1 Å². The van der Waals surface area contributed by atoms with E-state index in [-0.39, 0.29) is 18.3 Å². The largest absolute Gasteiger partial charge is 0.309 e. The van der Waals surface area contributed by atoms with Crippen LogP contribution in [-0.2, 0) is 7.05 Å². The van der Waals surface area contributed by atoms with Crippen molar-refractivity contribution < 1.29 is 4.79 Å². The number of carbonyl (C=O) groups excluding carboxylic acids is 1. The lowest BCUT2D eigenvalue weighted by molar-refractivity contribution is 0.0987. The third-order valence-electron chi connectivity index (χ3n) is 3.12. The summed E-state index contributed by atoms with van der Waals surface area (Å²) in [5.41, 5.74) is 3.49. The van der Waals surface area contributed by atoms with Crippen molar-refractivity contribution in [2.24, 2.45) is 7.05 Å². The van der Waals surface area contributed by atoms with Crippen LogP contribution in [0.2, 0.25) is 0 Å². The van der Waals surface area contributed by atoms with Crippen LogP contribution in [0.5, 0.6) is 0 Å². The Hall–Kier alpha value is -1.81. The summed E-state index contributed by atoms with van der Waals surface area (Å²) in [5.74, 6) is -0.00120. The average Bonchev–Trinajstić information content (AvgIpc) is 2.69. The average molecular weight is 294 g/mol. The molecule has 4 nitrogen and oxygen atoms in total. The van der Waals surface area contributed by atoms with E-state index in [4.69, 9.17) is 0 Å². The molecule has 0 fully saturated rings. The molecule has 1 amide bonds. The highest BCUT2D eigenvalue weighted by Gasteiger charge is 2.20. The molecule has 5 heteroatoms. The molecule has 0 atom stereocenters. The van der Waals surface area contributed by atoms with Crippen molar-refractivity contribution in [2.45, 2.75) is 20.8 Å². The van der Waals surface area contributed by atoms with Crippen molar-refractivity contribution in [3.8, 4) is 0 Å². The number of rotatable bonds is 3. The van der Waals surface area contributed by atoms with Gasteiger partial charge >= 0.3 is 0 Å². The molecule has 20 heavy (non-hydrogen) atoms. The molecule has 2 aromatic rings. The Kier molecular flexibility index (Phi) is 5.34. The maximum atomic E-state index is 12.6. The van der Waals surface area contributed by atoms with Crippen molar-refractivity contribution >= 4 is 24.0 Å². The second kappa shape index (κ2) is 6.57. The first-order valence-corrected chi connectivity index (χ1v) is 6.41. The SMILES string of the molecule is CCN(C(=O)c1cn(C)nc1C)c1cccc(C)c1.Cl. The van der Waals surface area contributed by atoms with E-state index in [1.807, 2.05) is 52.1 Å². The normalized spacial score (nSPS) is 10.0. The number of aromatic nitrogens is 2. The van der Waals surface area contributed by atoms with E-state index in [9.17, 15) is 4.79 Å². The molecule has 1 aromatic heterocycles. The van der Waals surface area contributed by atoms with Gasteiger partial charge in [-0.25, -0.2) is 0 Å². The molecule has 108 valence electrons. The molecule has 0 spiro atoms. The van der Waals surface area contributed by atoms with Gasteiger partial charge in [0.2, 0.25) is 0 Å². The van der Waals surface area contributed by atoms with Gasteiger partial charge in [-0.2, -0.15) is 5.10 Å². The molecule has 0 N–H and O–H groups in total. The van der Waals surface area contributed by atoms with Crippen LogP contribution in [-0.4, -0.2) is 22.2 Å². The molecule has 2 rings (SSSR count). The summed E-state index contributed by atoms with van der Waals surface area (Å²) in [6, 6.07) is 7.97. The predicted octanol–water partition coefficient (Wildman–Crippen LogP) is 3.13. The highest BCUT2D eigenvalue weighted by molar-refractivity contribution is 6.06. The Balaban J connectivity index is 0.00000200. The van der Waals surface area contributed by atoms with Gasteiger partial charge in [0, 0.05) is 25.5 Å². The zero-order valence-electron chi connectivity index (χ0n) is 12.3. The molecule has 0 saturated carbocycles. The van der Waals surface area contributed by atoms with Crippen LogP contribution in [0.15, 0.2) is 30.5 Å². The molecule has 1 heterocycles. The fraction of sp³-hybridized carbons (Fsp3) is 0.333. The molecule has 0 aliphatic rings. The number of anilines is 1. The lowest BCUT2D eigenvalue weighted by atomic mass is 10.1. The van der Waals surface area contributed by atoms with Crippen molar-refractivity contribution in [1.29, 1.82) is 0 Å². The van der Waals surface area contributed by atoms with Crippen LogP contribution >= 0.6 is 12.4 Å². The molecule has 0 unspecified atom stereocenters. The van der Waals surface area contributed by atoms with E-state index >= 15 is 0 Å². The van der Waals surface area contributed by atoms with Gasteiger partial charge in [-0.1, -0.05) is 12.1 Å². The first-order chi connectivity index (χ1) is 9.02. The Labute approximate surface area is 125 Å². The number of hydrogen-bond acceptors (Lipinski definition) is 2. The van der Waals surface area contributed by atoms with Crippen molar-refractivity contribution in [2.75, 3.05) is 11.4 Å². The van der Waals surface area contributed by atoms with Crippen LogP contribution in [0.1, 0.15) is 28.5 Å². The molecule has 0 saturated heterocycles. The van der Waals surface area contributed by atoms with Gasteiger partial charge in [0.1, 0.15) is 0 Å². The zero-order valence-corrected chi connectivity index (χ0v) is 13.1. The van der Waals surface area contributed by atoms with E-state index in [2.05, 4.69) is 5.10 Å².